The molecule has 1 N–H and O–H groups in total. The van der Waals surface area contributed by atoms with Gasteiger partial charge in [-0.1, -0.05) is 26.8 Å². The zero-order valence-electron chi connectivity index (χ0n) is 7.85. The van der Waals surface area contributed by atoms with Crippen molar-refractivity contribution >= 4 is 6.08 Å². The Morgan fingerprint density at radius 3 is 2.83 bits per heavy atom. The van der Waals surface area contributed by atoms with Crippen LogP contribution in [0.2, 0.25) is 0 Å². The standard InChI is InChI=1S/C10H16N2.H2/c1-4-7-9-8(5-2)11-10(6-3)12-9;/h5H,2,4,6-7H2,1,3H3,(H,11,12);1H. The Hall–Kier alpha value is -1.05. The van der Waals surface area contributed by atoms with Gasteiger partial charge in [-0.2, -0.15) is 0 Å². The highest BCUT2D eigenvalue weighted by atomic mass is 14.9. The van der Waals surface area contributed by atoms with Crippen LogP contribution in [0.25, 0.3) is 6.08 Å². The molecule has 1 rings (SSSR count). The molecule has 0 amide bonds. The van der Waals surface area contributed by atoms with Crippen molar-refractivity contribution in [1.82, 2.24) is 9.97 Å². The molecule has 1 heterocycles. The summed E-state index contributed by atoms with van der Waals surface area (Å²) in [5, 5.41) is 0. The first kappa shape index (κ1) is 9.04. The smallest absolute Gasteiger partial charge is 0.106 e. The van der Waals surface area contributed by atoms with Crippen molar-refractivity contribution in [2.45, 2.75) is 33.1 Å². The van der Waals surface area contributed by atoms with Crippen LogP contribution in [0.1, 0.15) is 38.9 Å². The van der Waals surface area contributed by atoms with E-state index in [4.69, 9.17) is 0 Å². The average molecular weight is 166 g/mol. The van der Waals surface area contributed by atoms with E-state index >= 15 is 0 Å². The van der Waals surface area contributed by atoms with E-state index in [-0.39, 0.29) is 1.43 Å². The molecule has 1 aromatic heterocycles. The highest BCUT2D eigenvalue weighted by Crippen LogP contribution is 2.10. The lowest BCUT2D eigenvalue weighted by atomic mass is 10.2. The molecule has 0 fully saturated rings. The topological polar surface area (TPSA) is 28.7 Å². The van der Waals surface area contributed by atoms with E-state index < -0.39 is 0 Å². The Kier molecular flexibility index (Phi) is 3.09. The van der Waals surface area contributed by atoms with Crippen molar-refractivity contribution in [3.8, 4) is 0 Å². The molecule has 0 spiro atoms. The second kappa shape index (κ2) is 4.10. The summed E-state index contributed by atoms with van der Waals surface area (Å²) >= 11 is 0. The molecular weight excluding hydrogens is 148 g/mol. The van der Waals surface area contributed by atoms with Crippen LogP contribution >= 0.6 is 0 Å². The molecule has 2 heteroatoms. The van der Waals surface area contributed by atoms with Gasteiger partial charge in [0.05, 0.1) is 5.69 Å². The van der Waals surface area contributed by atoms with Crippen LogP contribution in [0.15, 0.2) is 6.58 Å². The number of H-pyrrole nitrogens is 1. The summed E-state index contributed by atoms with van der Waals surface area (Å²) in [7, 11) is 0. The summed E-state index contributed by atoms with van der Waals surface area (Å²) < 4.78 is 0. The number of imidazole rings is 1. The monoisotopic (exact) mass is 166 g/mol. The first-order chi connectivity index (χ1) is 5.81. The zero-order chi connectivity index (χ0) is 8.97. The molecule has 0 atom stereocenters. The summed E-state index contributed by atoms with van der Waals surface area (Å²) in [4.78, 5) is 7.69. The number of aryl methyl sites for hydroxylation is 2. The highest BCUT2D eigenvalue weighted by Gasteiger charge is 2.04. The minimum absolute atomic E-state index is 0. The Balaban J connectivity index is 0.00000144. The minimum atomic E-state index is 0. The van der Waals surface area contributed by atoms with Crippen molar-refractivity contribution < 1.29 is 1.43 Å². The number of hydrogen-bond acceptors (Lipinski definition) is 1. The number of aromatic nitrogens is 2. The van der Waals surface area contributed by atoms with Crippen LogP contribution in [-0.2, 0) is 12.8 Å². The summed E-state index contributed by atoms with van der Waals surface area (Å²) in [5.41, 5.74) is 2.25. The molecule has 12 heavy (non-hydrogen) atoms. The Bertz CT molecular complexity index is 266. The van der Waals surface area contributed by atoms with Crippen molar-refractivity contribution in [2.75, 3.05) is 0 Å². The lowest BCUT2D eigenvalue weighted by Gasteiger charge is -1.93. The Labute approximate surface area is 75.2 Å². The molecule has 0 aliphatic heterocycles. The van der Waals surface area contributed by atoms with Gasteiger partial charge in [0.1, 0.15) is 5.82 Å². The second-order valence-electron chi connectivity index (χ2n) is 2.85. The summed E-state index contributed by atoms with van der Waals surface area (Å²) in [5.74, 6) is 1.06. The Morgan fingerprint density at radius 2 is 2.33 bits per heavy atom. The van der Waals surface area contributed by atoms with Crippen LogP contribution in [-0.4, -0.2) is 9.97 Å². The molecule has 0 saturated carbocycles. The van der Waals surface area contributed by atoms with E-state index in [9.17, 15) is 0 Å². The maximum Gasteiger partial charge on any atom is 0.106 e. The Morgan fingerprint density at radius 1 is 1.58 bits per heavy atom. The van der Waals surface area contributed by atoms with Crippen LogP contribution in [0.5, 0.6) is 0 Å². The van der Waals surface area contributed by atoms with Gasteiger partial charge in [0, 0.05) is 13.5 Å². The number of rotatable bonds is 4. The SMILES string of the molecule is C=Cc1nc(CC)[nH]c1CCC.[HH]. The van der Waals surface area contributed by atoms with Gasteiger partial charge in [-0.25, -0.2) is 4.98 Å². The second-order valence-corrected chi connectivity index (χ2v) is 2.85. The molecular formula is C10H18N2. The third-order valence-electron chi connectivity index (χ3n) is 1.89. The van der Waals surface area contributed by atoms with Gasteiger partial charge in [-0.05, 0) is 12.5 Å². The predicted molar refractivity (Wildman–Crippen MR) is 54.2 cm³/mol. The summed E-state index contributed by atoms with van der Waals surface area (Å²) in [6.45, 7) is 8.00. The fourth-order valence-electron chi connectivity index (χ4n) is 1.26. The van der Waals surface area contributed by atoms with Crippen LogP contribution in [0.4, 0.5) is 0 Å². The molecule has 68 valence electrons. The van der Waals surface area contributed by atoms with E-state index in [2.05, 4.69) is 30.4 Å². The van der Waals surface area contributed by atoms with Crippen LogP contribution < -0.4 is 0 Å². The van der Waals surface area contributed by atoms with Gasteiger partial charge >= 0.3 is 0 Å². The molecule has 0 radical (unpaired) electrons. The van der Waals surface area contributed by atoms with Crippen LogP contribution in [0, 0.1) is 0 Å². The van der Waals surface area contributed by atoms with Crippen molar-refractivity contribution in [2.24, 2.45) is 0 Å². The minimum Gasteiger partial charge on any atom is -0.345 e. The fourth-order valence-corrected chi connectivity index (χ4v) is 1.26. The molecule has 0 bridgehead atoms. The first-order valence-electron chi connectivity index (χ1n) is 4.52. The summed E-state index contributed by atoms with van der Waals surface area (Å²) in [6.07, 6.45) is 4.99. The molecule has 0 saturated heterocycles. The maximum absolute atomic E-state index is 4.39. The van der Waals surface area contributed by atoms with Crippen molar-refractivity contribution in [3.05, 3.63) is 23.8 Å². The number of nitrogens with zero attached hydrogens (tertiary/aromatic N) is 1. The molecule has 0 aliphatic rings. The summed E-state index contributed by atoms with van der Waals surface area (Å²) in [6, 6.07) is 0. The molecule has 0 aromatic carbocycles. The van der Waals surface area contributed by atoms with E-state index in [1.165, 1.54) is 5.69 Å². The maximum atomic E-state index is 4.39. The van der Waals surface area contributed by atoms with E-state index in [1.807, 2.05) is 6.08 Å². The van der Waals surface area contributed by atoms with Gasteiger partial charge < -0.3 is 4.98 Å². The molecule has 0 aliphatic carbocycles. The van der Waals surface area contributed by atoms with E-state index in [0.29, 0.717) is 0 Å². The van der Waals surface area contributed by atoms with Crippen molar-refractivity contribution in [1.29, 1.82) is 0 Å². The van der Waals surface area contributed by atoms with Gasteiger partial charge in [-0.15, -0.1) is 0 Å². The molecule has 0 unspecified atom stereocenters. The lowest BCUT2D eigenvalue weighted by molar-refractivity contribution is 0.877. The van der Waals surface area contributed by atoms with Crippen LogP contribution in [0.3, 0.4) is 0 Å². The molecule has 2 nitrogen and oxygen atoms in total. The number of hydrogen-bond donors (Lipinski definition) is 1. The normalized spacial score (nSPS) is 10.2. The highest BCUT2D eigenvalue weighted by molar-refractivity contribution is 5.45. The van der Waals surface area contributed by atoms with E-state index in [1.54, 1.807) is 0 Å². The zero-order valence-corrected chi connectivity index (χ0v) is 7.85. The fraction of sp³-hybridized carbons (Fsp3) is 0.500. The number of nitrogens with one attached hydrogen (secondary N) is 1. The van der Waals surface area contributed by atoms with Gasteiger partial charge in [0.25, 0.3) is 0 Å². The van der Waals surface area contributed by atoms with Gasteiger partial charge in [-0.3, -0.25) is 0 Å². The average Bonchev–Trinajstić information content (AvgIpc) is 2.48. The van der Waals surface area contributed by atoms with Gasteiger partial charge in [0.2, 0.25) is 0 Å². The largest absolute Gasteiger partial charge is 0.345 e. The molecule has 1 aromatic rings. The third-order valence-corrected chi connectivity index (χ3v) is 1.89. The number of aromatic amines is 1. The van der Waals surface area contributed by atoms with Gasteiger partial charge in [0.15, 0.2) is 0 Å². The quantitative estimate of drug-likeness (QED) is 0.732. The first-order valence-corrected chi connectivity index (χ1v) is 4.52. The third kappa shape index (κ3) is 1.76. The predicted octanol–water partition coefficient (Wildman–Crippen LogP) is 2.81. The van der Waals surface area contributed by atoms with Crippen molar-refractivity contribution in [3.63, 3.8) is 0 Å². The lowest BCUT2D eigenvalue weighted by Crippen LogP contribution is -1.86. The van der Waals surface area contributed by atoms with E-state index in [0.717, 1.165) is 30.8 Å².